The van der Waals surface area contributed by atoms with Crippen molar-refractivity contribution in [2.45, 2.75) is 56.8 Å². The summed E-state index contributed by atoms with van der Waals surface area (Å²) in [6, 6.07) is 5.65. The van der Waals surface area contributed by atoms with E-state index in [9.17, 15) is 13.2 Å². The SMILES string of the molecule is CCCCCCCCCNS(=O)(=O)c1ccccc1C(=O)O. The molecule has 0 heterocycles. The number of rotatable bonds is 11. The Morgan fingerprint density at radius 1 is 1.05 bits per heavy atom. The molecule has 0 aromatic heterocycles. The summed E-state index contributed by atoms with van der Waals surface area (Å²) in [4.78, 5) is 10.9. The van der Waals surface area contributed by atoms with Crippen molar-refractivity contribution in [3.63, 3.8) is 0 Å². The van der Waals surface area contributed by atoms with Crippen LogP contribution in [0, 0.1) is 0 Å². The van der Waals surface area contributed by atoms with Gasteiger partial charge in [0.05, 0.1) is 10.5 Å². The molecule has 1 aromatic rings. The van der Waals surface area contributed by atoms with E-state index in [1.807, 2.05) is 0 Å². The van der Waals surface area contributed by atoms with Gasteiger partial charge in [-0.3, -0.25) is 0 Å². The molecule has 0 aliphatic carbocycles. The number of carboxylic acid groups (broad SMARTS) is 1. The lowest BCUT2D eigenvalue weighted by Crippen LogP contribution is -2.26. The van der Waals surface area contributed by atoms with E-state index in [0.29, 0.717) is 6.54 Å². The molecule has 0 spiro atoms. The van der Waals surface area contributed by atoms with Gasteiger partial charge in [0.2, 0.25) is 10.0 Å². The maximum absolute atomic E-state index is 12.2. The van der Waals surface area contributed by atoms with Crippen molar-refractivity contribution in [2.24, 2.45) is 0 Å². The molecule has 0 aliphatic rings. The van der Waals surface area contributed by atoms with E-state index in [4.69, 9.17) is 5.11 Å². The lowest BCUT2D eigenvalue weighted by atomic mass is 10.1. The molecular formula is C16H25NO4S. The van der Waals surface area contributed by atoms with Crippen LogP contribution in [-0.4, -0.2) is 26.0 Å². The Bertz CT molecular complexity index is 569. The number of hydrogen-bond acceptors (Lipinski definition) is 3. The van der Waals surface area contributed by atoms with E-state index in [-0.39, 0.29) is 10.5 Å². The molecule has 0 aliphatic heterocycles. The normalized spacial score (nSPS) is 11.5. The molecule has 1 rings (SSSR count). The van der Waals surface area contributed by atoms with Crippen LogP contribution in [0.4, 0.5) is 0 Å². The first kappa shape index (κ1) is 18.6. The van der Waals surface area contributed by atoms with E-state index in [1.165, 1.54) is 49.9 Å². The van der Waals surface area contributed by atoms with Crippen LogP contribution in [0.3, 0.4) is 0 Å². The molecule has 0 saturated heterocycles. The Balaban J connectivity index is 2.44. The first-order valence-corrected chi connectivity index (χ1v) is 9.29. The maximum atomic E-state index is 12.2. The number of benzene rings is 1. The monoisotopic (exact) mass is 327 g/mol. The van der Waals surface area contributed by atoms with Crippen LogP contribution in [0.5, 0.6) is 0 Å². The summed E-state index contributed by atoms with van der Waals surface area (Å²) in [5.74, 6) is -1.24. The molecule has 0 bridgehead atoms. The summed E-state index contributed by atoms with van der Waals surface area (Å²) in [7, 11) is -3.77. The average Bonchev–Trinajstić information content (AvgIpc) is 2.50. The Hall–Kier alpha value is -1.40. The Kier molecular flexibility index (Phi) is 8.12. The Morgan fingerprint density at radius 2 is 1.64 bits per heavy atom. The van der Waals surface area contributed by atoms with Crippen molar-refractivity contribution in [1.29, 1.82) is 0 Å². The number of carbonyl (C=O) groups is 1. The van der Waals surface area contributed by atoms with Crippen LogP contribution in [0.2, 0.25) is 0 Å². The third-order valence-electron chi connectivity index (χ3n) is 3.48. The summed E-state index contributed by atoms with van der Waals surface area (Å²) in [5, 5.41) is 9.05. The van der Waals surface area contributed by atoms with Crippen LogP contribution < -0.4 is 4.72 Å². The number of unbranched alkanes of at least 4 members (excludes halogenated alkanes) is 6. The first-order valence-electron chi connectivity index (χ1n) is 7.81. The van der Waals surface area contributed by atoms with Crippen molar-refractivity contribution in [1.82, 2.24) is 4.72 Å². The van der Waals surface area contributed by atoms with Gasteiger partial charge in [0.15, 0.2) is 0 Å². The summed E-state index contributed by atoms with van der Waals surface area (Å²) in [6.45, 7) is 2.51. The Morgan fingerprint density at radius 3 is 2.27 bits per heavy atom. The highest BCUT2D eigenvalue weighted by Crippen LogP contribution is 2.15. The predicted molar refractivity (Wildman–Crippen MR) is 86.6 cm³/mol. The Labute approximate surface area is 132 Å². The number of carboxylic acids is 1. The van der Waals surface area contributed by atoms with Crippen LogP contribution in [0.25, 0.3) is 0 Å². The van der Waals surface area contributed by atoms with Crippen LogP contribution in [0.1, 0.15) is 62.2 Å². The van der Waals surface area contributed by atoms with E-state index in [1.54, 1.807) is 0 Å². The predicted octanol–water partition coefficient (Wildman–Crippen LogP) is 3.41. The smallest absolute Gasteiger partial charge is 0.337 e. The molecule has 1 aromatic carbocycles. The minimum atomic E-state index is -3.77. The fraction of sp³-hybridized carbons (Fsp3) is 0.562. The quantitative estimate of drug-likeness (QED) is 0.610. The molecule has 124 valence electrons. The van der Waals surface area contributed by atoms with Crippen LogP contribution in [0.15, 0.2) is 29.2 Å². The fourth-order valence-corrected chi connectivity index (χ4v) is 3.52. The third-order valence-corrected chi connectivity index (χ3v) is 5.00. The molecule has 0 atom stereocenters. The molecule has 0 radical (unpaired) electrons. The zero-order chi connectivity index (χ0) is 16.4. The highest BCUT2D eigenvalue weighted by molar-refractivity contribution is 7.89. The molecule has 2 N–H and O–H groups in total. The summed E-state index contributed by atoms with van der Waals surface area (Å²) in [6.07, 6.45) is 7.72. The van der Waals surface area contributed by atoms with E-state index in [0.717, 1.165) is 19.3 Å². The van der Waals surface area contributed by atoms with Crippen molar-refractivity contribution in [3.05, 3.63) is 29.8 Å². The van der Waals surface area contributed by atoms with Gasteiger partial charge < -0.3 is 5.11 Å². The van der Waals surface area contributed by atoms with E-state index in [2.05, 4.69) is 11.6 Å². The number of nitrogens with one attached hydrogen (secondary N) is 1. The second kappa shape index (κ2) is 9.58. The van der Waals surface area contributed by atoms with Crippen molar-refractivity contribution in [3.8, 4) is 0 Å². The standard InChI is InChI=1S/C16H25NO4S/c1-2-3-4-5-6-7-10-13-17-22(20,21)15-12-9-8-11-14(15)16(18)19/h8-9,11-12,17H,2-7,10,13H2,1H3,(H,18,19). The van der Waals surface area contributed by atoms with Gasteiger partial charge in [0.1, 0.15) is 0 Å². The van der Waals surface area contributed by atoms with Crippen LogP contribution >= 0.6 is 0 Å². The van der Waals surface area contributed by atoms with Crippen molar-refractivity contribution in [2.75, 3.05) is 6.54 Å². The van der Waals surface area contributed by atoms with E-state index >= 15 is 0 Å². The highest BCUT2D eigenvalue weighted by atomic mass is 32.2. The first-order chi connectivity index (χ1) is 10.5. The van der Waals surface area contributed by atoms with Crippen molar-refractivity contribution < 1.29 is 18.3 Å². The van der Waals surface area contributed by atoms with Gasteiger partial charge in [0, 0.05) is 6.54 Å². The average molecular weight is 327 g/mol. The number of sulfonamides is 1. The minimum Gasteiger partial charge on any atom is -0.478 e. The maximum Gasteiger partial charge on any atom is 0.337 e. The topological polar surface area (TPSA) is 83.5 Å². The summed E-state index contributed by atoms with van der Waals surface area (Å²) in [5.41, 5.74) is -0.199. The van der Waals surface area contributed by atoms with Gasteiger partial charge in [0.25, 0.3) is 0 Å². The second-order valence-corrected chi connectivity index (χ2v) is 7.06. The van der Waals surface area contributed by atoms with Gasteiger partial charge in [-0.05, 0) is 18.6 Å². The molecule has 22 heavy (non-hydrogen) atoms. The molecule has 0 amide bonds. The fourth-order valence-electron chi connectivity index (χ4n) is 2.24. The molecule has 5 nitrogen and oxygen atoms in total. The van der Waals surface area contributed by atoms with Gasteiger partial charge in [-0.25, -0.2) is 17.9 Å². The van der Waals surface area contributed by atoms with Crippen molar-refractivity contribution >= 4 is 16.0 Å². The van der Waals surface area contributed by atoms with Gasteiger partial charge in [-0.15, -0.1) is 0 Å². The lowest BCUT2D eigenvalue weighted by Gasteiger charge is -2.09. The molecule has 0 saturated carbocycles. The molecule has 0 fully saturated rings. The molecule has 0 unspecified atom stereocenters. The van der Waals surface area contributed by atoms with Gasteiger partial charge in [-0.2, -0.15) is 0 Å². The van der Waals surface area contributed by atoms with Crippen LogP contribution in [-0.2, 0) is 10.0 Å². The number of aromatic carboxylic acids is 1. The largest absolute Gasteiger partial charge is 0.478 e. The minimum absolute atomic E-state index is 0.176. The highest BCUT2D eigenvalue weighted by Gasteiger charge is 2.20. The molecular weight excluding hydrogens is 302 g/mol. The van der Waals surface area contributed by atoms with E-state index < -0.39 is 16.0 Å². The molecule has 6 heteroatoms. The lowest BCUT2D eigenvalue weighted by molar-refractivity contribution is 0.0692. The summed E-state index contributed by atoms with van der Waals surface area (Å²) < 4.78 is 26.8. The van der Waals surface area contributed by atoms with Gasteiger partial charge in [-0.1, -0.05) is 57.6 Å². The summed E-state index contributed by atoms with van der Waals surface area (Å²) >= 11 is 0. The second-order valence-electron chi connectivity index (χ2n) is 5.32. The number of hydrogen-bond donors (Lipinski definition) is 2. The van der Waals surface area contributed by atoms with Gasteiger partial charge >= 0.3 is 5.97 Å². The third kappa shape index (κ3) is 6.15. The zero-order valence-electron chi connectivity index (χ0n) is 13.0. The zero-order valence-corrected chi connectivity index (χ0v) is 13.9.